The van der Waals surface area contributed by atoms with Gasteiger partial charge in [-0.05, 0) is 32.4 Å². The molecule has 0 aliphatic carbocycles. The highest BCUT2D eigenvalue weighted by Gasteiger charge is 2.30. The first-order valence-electron chi connectivity index (χ1n) is 5.81. The molecule has 0 aliphatic rings. The van der Waals surface area contributed by atoms with Crippen LogP contribution in [0.2, 0.25) is 0 Å². The Kier molecular flexibility index (Phi) is 3.01. The van der Waals surface area contributed by atoms with Gasteiger partial charge in [-0.15, -0.1) is 0 Å². The number of hydrogen-bond donors (Lipinski definition) is 2. The molecule has 2 rings (SSSR count). The summed E-state index contributed by atoms with van der Waals surface area (Å²) in [6, 6.07) is 3.75. The average Bonchev–Trinajstić information content (AvgIpc) is 2.73. The number of aliphatic carboxylic acids is 1. The lowest BCUT2D eigenvalue weighted by molar-refractivity contribution is -0.143. The summed E-state index contributed by atoms with van der Waals surface area (Å²) >= 11 is 0. The molecule has 2 N–H and O–H groups in total. The maximum absolute atomic E-state index is 12.0. The minimum atomic E-state index is -1.33. The Morgan fingerprint density at radius 3 is 2.68 bits per heavy atom. The molecule has 0 saturated heterocycles. The van der Waals surface area contributed by atoms with Gasteiger partial charge in [0.15, 0.2) is 0 Å². The van der Waals surface area contributed by atoms with Crippen LogP contribution in [0.25, 0.3) is 5.65 Å². The number of fused-ring (bicyclic) bond motifs is 1. The Balaban J connectivity index is 2.32. The summed E-state index contributed by atoms with van der Waals surface area (Å²) in [5, 5.41) is 11.4. The van der Waals surface area contributed by atoms with E-state index in [2.05, 4.69) is 10.3 Å². The molecule has 0 aliphatic heterocycles. The van der Waals surface area contributed by atoms with Gasteiger partial charge >= 0.3 is 5.97 Å². The van der Waals surface area contributed by atoms with Gasteiger partial charge in [-0.2, -0.15) is 0 Å². The number of nitrogens with zero attached hydrogens (tertiary/aromatic N) is 2. The molecule has 1 amide bonds. The van der Waals surface area contributed by atoms with Crippen molar-refractivity contribution in [3.8, 4) is 0 Å². The lowest BCUT2D eigenvalue weighted by Crippen LogP contribution is -2.49. The molecule has 0 bridgehead atoms. The number of imidazole rings is 1. The molecule has 0 saturated carbocycles. The van der Waals surface area contributed by atoms with Crippen LogP contribution < -0.4 is 5.32 Å². The molecular formula is C13H15N3O3. The third kappa shape index (κ3) is 2.42. The van der Waals surface area contributed by atoms with E-state index in [4.69, 9.17) is 5.11 Å². The Morgan fingerprint density at radius 1 is 1.42 bits per heavy atom. The van der Waals surface area contributed by atoms with Crippen molar-refractivity contribution in [1.82, 2.24) is 14.7 Å². The lowest BCUT2D eigenvalue weighted by Gasteiger charge is -2.19. The van der Waals surface area contributed by atoms with Crippen molar-refractivity contribution >= 4 is 17.5 Å². The van der Waals surface area contributed by atoms with E-state index in [1.807, 2.05) is 19.1 Å². The van der Waals surface area contributed by atoms with Crippen LogP contribution in [0.1, 0.15) is 29.9 Å². The van der Waals surface area contributed by atoms with Gasteiger partial charge in [0.05, 0.1) is 0 Å². The van der Waals surface area contributed by atoms with Gasteiger partial charge in [0.1, 0.15) is 16.9 Å². The van der Waals surface area contributed by atoms with Crippen LogP contribution in [0.15, 0.2) is 24.5 Å². The maximum atomic E-state index is 12.0. The van der Waals surface area contributed by atoms with Gasteiger partial charge in [0, 0.05) is 12.4 Å². The lowest BCUT2D eigenvalue weighted by atomic mass is 10.1. The number of carboxylic acid groups (broad SMARTS) is 1. The number of nitrogens with one attached hydrogen (secondary N) is 1. The standard InChI is InChI=1S/C13H15N3O3/c1-8-5-4-6-16-7-9(14-10(8)16)11(17)15-13(2,3)12(18)19/h4-7H,1-3H3,(H,15,17)(H,18,19). The van der Waals surface area contributed by atoms with Gasteiger partial charge in [0.25, 0.3) is 5.91 Å². The molecule has 0 unspecified atom stereocenters. The number of carboxylic acids is 1. The Labute approximate surface area is 110 Å². The van der Waals surface area contributed by atoms with Crippen molar-refractivity contribution in [2.75, 3.05) is 0 Å². The number of pyridine rings is 1. The highest BCUT2D eigenvalue weighted by Crippen LogP contribution is 2.11. The summed E-state index contributed by atoms with van der Waals surface area (Å²) in [4.78, 5) is 27.2. The van der Waals surface area contributed by atoms with Crippen LogP contribution in [-0.4, -0.2) is 31.9 Å². The molecule has 100 valence electrons. The Bertz CT molecular complexity index is 658. The van der Waals surface area contributed by atoms with E-state index in [-0.39, 0.29) is 5.69 Å². The van der Waals surface area contributed by atoms with Crippen LogP contribution in [-0.2, 0) is 4.79 Å². The third-order valence-corrected chi connectivity index (χ3v) is 2.87. The summed E-state index contributed by atoms with van der Waals surface area (Å²) in [7, 11) is 0. The van der Waals surface area contributed by atoms with Gasteiger partial charge < -0.3 is 14.8 Å². The number of amides is 1. The van der Waals surface area contributed by atoms with Crippen molar-refractivity contribution in [1.29, 1.82) is 0 Å². The number of aryl methyl sites for hydroxylation is 1. The van der Waals surface area contributed by atoms with Crippen molar-refractivity contribution in [3.63, 3.8) is 0 Å². The predicted molar refractivity (Wildman–Crippen MR) is 69.1 cm³/mol. The van der Waals surface area contributed by atoms with E-state index in [9.17, 15) is 9.59 Å². The third-order valence-electron chi connectivity index (χ3n) is 2.87. The molecule has 2 heterocycles. The van der Waals surface area contributed by atoms with Gasteiger partial charge in [-0.1, -0.05) is 6.07 Å². The van der Waals surface area contributed by atoms with Crippen LogP contribution in [0, 0.1) is 6.92 Å². The fourth-order valence-corrected chi connectivity index (χ4v) is 1.66. The van der Waals surface area contributed by atoms with E-state index in [1.54, 1.807) is 16.8 Å². The van der Waals surface area contributed by atoms with E-state index in [0.717, 1.165) is 5.56 Å². The van der Waals surface area contributed by atoms with E-state index in [1.165, 1.54) is 13.8 Å². The minimum Gasteiger partial charge on any atom is -0.480 e. The molecule has 2 aromatic heterocycles. The summed E-state index contributed by atoms with van der Waals surface area (Å²) in [5.41, 5.74) is 0.491. The summed E-state index contributed by atoms with van der Waals surface area (Å²) < 4.78 is 1.73. The summed E-state index contributed by atoms with van der Waals surface area (Å²) in [5.74, 6) is -1.60. The zero-order chi connectivity index (χ0) is 14.2. The molecule has 6 heteroatoms. The molecular weight excluding hydrogens is 246 g/mol. The molecule has 0 aromatic carbocycles. The van der Waals surface area contributed by atoms with Crippen LogP contribution >= 0.6 is 0 Å². The first-order valence-corrected chi connectivity index (χ1v) is 5.81. The molecule has 0 spiro atoms. The van der Waals surface area contributed by atoms with Crippen molar-refractivity contribution < 1.29 is 14.7 Å². The summed E-state index contributed by atoms with van der Waals surface area (Å²) in [6.07, 6.45) is 3.37. The first kappa shape index (κ1) is 13.1. The number of hydrogen-bond acceptors (Lipinski definition) is 3. The number of carbonyl (C=O) groups is 2. The Morgan fingerprint density at radius 2 is 2.11 bits per heavy atom. The second kappa shape index (κ2) is 4.38. The molecule has 19 heavy (non-hydrogen) atoms. The predicted octanol–water partition coefficient (Wildman–Crippen LogP) is 1.24. The number of aromatic nitrogens is 2. The van der Waals surface area contributed by atoms with E-state index in [0.29, 0.717) is 5.65 Å². The highest BCUT2D eigenvalue weighted by molar-refractivity contribution is 5.96. The van der Waals surface area contributed by atoms with Crippen molar-refractivity contribution in [3.05, 3.63) is 35.8 Å². The SMILES string of the molecule is Cc1cccn2cc(C(=O)NC(C)(C)C(=O)O)nc12. The first-order chi connectivity index (χ1) is 8.81. The molecule has 2 aromatic rings. The number of carbonyl (C=O) groups excluding carboxylic acids is 1. The second-order valence-corrected chi connectivity index (χ2v) is 4.93. The second-order valence-electron chi connectivity index (χ2n) is 4.93. The smallest absolute Gasteiger partial charge is 0.328 e. The van der Waals surface area contributed by atoms with E-state index < -0.39 is 17.4 Å². The highest BCUT2D eigenvalue weighted by atomic mass is 16.4. The Hall–Kier alpha value is -2.37. The molecule has 0 radical (unpaired) electrons. The molecule has 0 atom stereocenters. The topological polar surface area (TPSA) is 83.7 Å². The quantitative estimate of drug-likeness (QED) is 0.870. The monoisotopic (exact) mass is 261 g/mol. The van der Waals surface area contributed by atoms with Crippen molar-refractivity contribution in [2.24, 2.45) is 0 Å². The van der Waals surface area contributed by atoms with Crippen LogP contribution in [0.5, 0.6) is 0 Å². The molecule has 6 nitrogen and oxygen atoms in total. The van der Waals surface area contributed by atoms with E-state index >= 15 is 0 Å². The van der Waals surface area contributed by atoms with Crippen LogP contribution in [0.4, 0.5) is 0 Å². The normalized spacial score (nSPS) is 11.5. The number of rotatable bonds is 3. The van der Waals surface area contributed by atoms with Crippen molar-refractivity contribution in [2.45, 2.75) is 26.3 Å². The van der Waals surface area contributed by atoms with Gasteiger partial charge in [0.2, 0.25) is 0 Å². The van der Waals surface area contributed by atoms with Gasteiger partial charge in [-0.3, -0.25) is 4.79 Å². The fourth-order valence-electron chi connectivity index (χ4n) is 1.66. The van der Waals surface area contributed by atoms with Crippen LogP contribution in [0.3, 0.4) is 0 Å². The minimum absolute atomic E-state index is 0.198. The summed E-state index contributed by atoms with van der Waals surface area (Å²) in [6.45, 7) is 4.74. The zero-order valence-corrected chi connectivity index (χ0v) is 11.0. The maximum Gasteiger partial charge on any atom is 0.328 e. The largest absolute Gasteiger partial charge is 0.480 e. The zero-order valence-electron chi connectivity index (χ0n) is 11.0. The van der Waals surface area contributed by atoms with Gasteiger partial charge in [-0.25, -0.2) is 9.78 Å². The fraction of sp³-hybridized carbons (Fsp3) is 0.308. The molecule has 0 fully saturated rings. The average molecular weight is 261 g/mol.